The molecule has 0 heterocycles. The summed E-state index contributed by atoms with van der Waals surface area (Å²) in [6, 6.07) is 5.67. The van der Waals surface area contributed by atoms with Gasteiger partial charge in [0, 0.05) is 12.0 Å². The molecule has 116 valence electrons. The van der Waals surface area contributed by atoms with Gasteiger partial charge in [-0.15, -0.1) is 0 Å². The van der Waals surface area contributed by atoms with Crippen molar-refractivity contribution in [3.8, 4) is 0 Å². The predicted octanol–water partition coefficient (Wildman–Crippen LogP) is 2.40. The van der Waals surface area contributed by atoms with Crippen molar-refractivity contribution >= 4 is 21.6 Å². The smallest absolute Gasteiger partial charge is 0.321 e. The molecular formula is C15H20O5S. The molecule has 0 radical (unpaired) electrons. The van der Waals surface area contributed by atoms with Crippen LogP contribution in [0.4, 0.5) is 0 Å². The first-order valence-electron chi connectivity index (χ1n) is 6.92. The van der Waals surface area contributed by atoms with Crippen molar-refractivity contribution in [1.82, 2.24) is 0 Å². The van der Waals surface area contributed by atoms with Crippen LogP contribution in [0.3, 0.4) is 0 Å². The largest absolute Gasteiger partial charge is 0.465 e. The number of unbranched alkanes of at least 4 members (excludes halogenated alkanes) is 1. The number of carbonyl (C=O) groups is 2. The molecule has 0 aliphatic carbocycles. The van der Waals surface area contributed by atoms with E-state index >= 15 is 0 Å². The molecule has 0 amide bonds. The Hall–Kier alpha value is -1.69. The summed E-state index contributed by atoms with van der Waals surface area (Å²) in [5, 5.41) is 0. The minimum atomic E-state index is -3.73. The highest BCUT2D eigenvalue weighted by Gasteiger charge is 2.20. The molecule has 0 spiro atoms. The third-order valence-corrected chi connectivity index (χ3v) is 4.51. The highest BCUT2D eigenvalue weighted by Crippen LogP contribution is 2.14. The molecule has 1 aromatic carbocycles. The number of ether oxygens (including phenoxy) is 1. The second-order valence-corrected chi connectivity index (χ2v) is 6.60. The first kappa shape index (κ1) is 17.4. The number of hydrogen-bond donors (Lipinski definition) is 0. The molecule has 0 fully saturated rings. The average Bonchev–Trinajstić information content (AvgIpc) is 2.44. The number of hydrogen-bond acceptors (Lipinski definition) is 5. The molecule has 5 nitrogen and oxygen atoms in total. The van der Waals surface area contributed by atoms with E-state index in [4.69, 9.17) is 0 Å². The topological polar surface area (TPSA) is 77.5 Å². The maximum atomic E-state index is 12.0. The standard InChI is InChI=1S/C15H20O5S/c1-3-5-6-14(16)12-7-9-13(10-8-12)21(18,19)11-15(17)20-4-2/h7-10H,3-6,11H2,1-2H3. The Kier molecular flexibility index (Phi) is 6.55. The van der Waals surface area contributed by atoms with Gasteiger partial charge in [0.05, 0.1) is 11.5 Å². The second-order valence-electron chi connectivity index (χ2n) is 4.62. The van der Waals surface area contributed by atoms with Crippen LogP contribution in [-0.2, 0) is 19.4 Å². The normalized spacial score (nSPS) is 11.1. The summed E-state index contributed by atoms with van der Waals surface area (Å²) in [6.45, 7) is 3.75. The van der Waals surface area contributed by atoms with Crippen LogP contribution >= 0.6 is 0 Å². The van der Waals surface area contributed by atoms with Crippen LogP contribution in [0.5, 0.6) is 0 Å². The summed E-state index contributed by atoms with van der Waals surface area (Å²) in [5.41, 5.74) is 0.485. The molecule has 1 rings (SSSR count). The van der Waals surface area contributed by atoms with Crippen molar-refractivity contribution in [2.45, 2.75) is 38.0 Å². The Labute approximate surface area is 125 Å². The zero-order valence-electron chi connectivity index (χ0n) is 12.3. The Morgan fingerprint density at radius 2 is 1.71 bits per heavy atom. The van der Waals surface area contributed by atoms with Crippen LogP contribution < -0.4 is 0 Å². The van der Waals surface area contributed by atoms with Crippen molar-refractivity contribution in [2.75, 3.05) is 12.4 Å². The summed E-state index contributed by atoms with van der Waals surface area (Å²) in [7, 11) is -3.73. The molecule has 0 aliphatic rings. The number of ketones is 1. The van der Waals surface area contributed by atoms with E-state index in [-0.39, 0.29) is 17.3 Å². The fraction of sp³-hybridized carbons (Fsp3) is 0.467. The molecule has 0 aliphatic heterocycles. The molecular weight excluding hydrogens is 292 g/mol. The molecule has 0 bridgehead atoms. The number of rotatable bonds is 8. The van der Waals surface area contributed by atoms with Crippen molar-refractivity contribution in [2.24, 2.45) is 0 Å². The predicted molar refractivity (Wildman–Crippen MR) is 79.0 cm³/mol. The van der Waals surface area contributed by atoms with Gasteiger partial charge in [-0.1, -0.05) is 25.5 Å². The quantitative estimate of drug-likeness (QED) is 0.544. The molecule has 0 N–H and O–H groups in total. The minimum absolute atomic E-state index is 0.00816. The van der Waals surface area contributed by atoms with Crippen LogP contribution in [-0.4, -0.2) is 32.5 Å². The average molecular weight is 312 g/mol. The van der Waals surface area contributed by atoms with Gasteiger partial charge in [0.2, 0.25) is 0 Å². The van der Waals surface area contributed by atoms with Crippen molar-refractivity contribution < 1.29 is 22.7 Å². The van der Waals surface area contributed by atoms with Crippen molar-refractivity contribution in [1.29, 1.82) is 0 Å². The summed E-state index contributed by atoms with van der Waals surface area (Å²) in [4.78, 5) is 23.1. The first-order valence-corrected chi connectivity index (χ1v) is 8.57. The lowest BCUT2D eigenvalue weighted by atomic mass is 10.1. The van der Waals surface area contributed by atoms with E-state index < -0.39 is 21.6 Å². The highest BCUT2D eigenvalue weighted by atomic mass is 32.2. The lowest BCUT2D eigenvalue weighted by Gasteiger charge is -2.05. The Bertz CT molecular complexity index is 587. The van der Waals surface area contributed by atoms with Gasteiger partial charge in [-0.2, -0.15) is 0 Å². The molecule has 0 unspecified atom stereocenters. The van der Waals surface area contributed by atoms with Gasteiger partial charge in [-0.05, 0) is 25.5 Å². The van der Waals surface area contributed by atoms with E-state index in [0.29, 0.717) is 12.0 Å². The molecule has 1 aromatic rings. The minimum Gasteiger partial charge on any atom is -0.465 e. The fourth-order valence-corrected chi connectivity index (χ4v) is 2.88. The van der Waals surface area contributed by atoms with Crippen LogP contribution in [0.2, 0.25) is 0 Å². The molecule has 0 saturated heterocycles. The number of esters is 1. The van der Waals surface area contributed by atoms with Crippen LogP contribution in [0.15, 0.2) is 29.2 Å². The molecule has 0 aromatic heterocycles. The number of benzene rings is 1. The summed E-state index contributed by atoms with van der Waals surface area (Å²) < 4.78 is 28.6. The first-order chi connectivity index (χ1) is 9.90. The van der Waals surface area contributed by atoms with Gasteiger partial charge in [0.1, 0.15) is 0 Å². The maximum absolute atomic E-state index is 12.0. The lowest BCUT2D eigenvalue weighted by Crippen LogP contribution is -2.18. The monoisotopic (exact) mass is 312 g/mol. The molecule has 0 saturated carbocycles. The van der Waals surface area contributed by atoms with E-state index in [9.17, 15) is 18.0 Å². The van der Waals surface area contributed by atoms with Crippen LogP contribution in [0, 0.1) is 0 Å². The van der Waals surface area contributed by atoms with Gasteiger partial charge in [-0.25, -0.2) is 8.42 Å². The van der Waals surface area contributed by atoms with E-state index in [1.54, 1.807) is 6.92 Å². The Morgan fingerprint density at radius 3 is 2.24 bits per heavy atom. The van der Waals surface area contributed by atoms with Crippen molar-refractivity contribution in [3.63, 3.8) is 0 Å². The number of sulfone groups is 1. The fourth-order valence-electron chi connectivity index (χ4n) is 1.77. The molecule has 21 heavy (non-hydrogen) atoms. The molecule has 6 heteroatoms. The SMILES string of the molecule is CCCCC(=O)c1ccc(S(=O)(=O)CC(=O)OCC)cc1. The highest BCUT2D eigenvalue weighted by molar-refractivity contribution is 7.92. The zero-order valence-corrected chi connectivity index (χ0v) is 13.1. The third kappa shape index (κ3) is 5.30. The Balaban J connectivity index is 2.81. The van der Waals surface area contributed by atoms with Gasteiger partial charge in [0.25, 0.3) is 0 Å². The maximum Gasteiger partial charge on any atom is 0.321 e. The third-order valence-electron chi connectivity index (χ3n) is 2.91. The molecule has 0 atom stereocenters. The second kappa shape index (κ2) is 7.93. The lowest BCUT2D eigenvalue weighted by molar-refractivity contribution is -0.139. The van der Waals surface area contributed by atoms with E-state index in [2.05, 4.69) is 4.74 Å². The Morgan fingerprint density at radius 1 is 1.10 bits per heavy atom. The number of carbonyl (C=O) groups excluding carboxylic acids is 2. The van der Waals surface area contributed by atoms with Crippen molar-refractivity contribution in [3.05, 3.63) is 29.8 Å². The summed E-state index contributed by atoms with van der Waals surface area (Å²) in [5.74, 6) is -1.48. The van der Waals surface area contributed by atoms with Gasteiger partial charge in [0.15, 0.2) is 21.4 Å². The van der Waals surface area contributed by atoms with Gasteiger partial charge in [-0.3, -0.25) is 9.59 Å². The number of Topliss-reactive ketones (excluding diaryl/α,β-unsaturated/α-hetero) is 1. The van der Waals surface area contributed by atoms with E-state index in [0.717, 1.165) is 12.8 Å². The van der Waals surface area contributed by atoms with E-state index in [1.165, 1.54) is 24.3 Å². The van der Waals surface area contributed by atoms with Crippen LogP contribution in [0.25, 0.3) is 0 Å². The van der Waals surface area contributed by atoms with Crippen LogP contribution in [0.1, 0.15) is 43.5 Å². The summed E-state index contributed by atoms with van der Waals surface area (Å²) >= 11 is 0. The van der Waals surface area contributed by atoms with Gasteiger partial charge >= 0.3 is 5.97 Å². The van der Waals surface area contributed by atoms with Gasteiger partial charge < -0.3 is 4.74 Å². The summed E-state index contributed by atoms with van der Waals surface area (Å²) in [6.07, 6.45) is 2.19. The van der Waals surface area contributed by atoms with E-state index in [1.807, 2.05) is 6.92 Å². The zero-order chi connectivity index (χ0) is 15.9.